The van der Waals surface area contributed by atoms with Gasteiger partial charge in [0.15, 0.2) is 0 Å². The molecule has 3 N–H and O–H groups in total. The molecule has 1 fully saturated rings. The van der Waals surface area contributed by atoms with Crippen LogP contribution in [0.3, 0.4) is 0 Å². The fourth-order valence-corrected chi connectivity index (χ4v) is 2.06. The third-order valence-electron chi connectivity index (χ3n) is 3.10. The van der Waals surface area contributed by atoms with Crippen LogP contribution in [-0.2, 0) is 9.53 Å². The number of benzene rings is 1. The summed E-state index contributed by atoms with van der Waals surface area (Å²) < 4.78 is 18.5. The van der Waals surface area contributed by atoms with Crippen LogP contribution in [-0.4, -0.2) is 25.7 Å². The Kier molecular flexibility index (Phi) is 5.10. The molecule has 0 aliphatic carbocycles. The number of carbonyl (C=O) groups is 1. The van der Waals surface area contributed by atoms with Gasteiger partial charge in [-0.3, -0.25) is 4.79 Å². The van der Waals surface area contributed by atoms with Gasteiger partial charge in [0.25, 0.3) is 0 Å². The number of nitrogens with one attached hydrogen (secondary N) is 1. The van der Waals surface area contributed by atoms with Gasteiger partial charge in [-0.1, -0.05) is 11.8 Å². The Bertz CT molecular complexity index is 543. The lowest BCUT2D eigenvalue weighted by Crippen LogP contribution is -2.30. The quantitative estimate of drug-likeness (QED) is 0.805. The van der Waals surface area contributed by atoms with Crippen LogP contribution in [0.2, 0.25) is 0 Å². The van der Waals surface area contributed by atoms with E-state index in [4.69, 9.17) is 10.5 Å². The van der Waals surface area contributed by atoms with Gasteiger partial charge >= 0.3 is 0 Å². The standard InChI is InChI=1S/C15H17FN2O2/c16-13-5-6-14(11(9-13)3-1-7-17)18-15(19)12-4-2-8-20-10-12/h5-6,9,12H,2,4,7-8,10,17H2,(H,18,19). The second-order valence-corrected chi connectivity index (χ2v) is 4.60. The second-order valence-electron chi connectivity index (χ2n) is 4.60. The summed E-state index contributed by atoms with van der Waals surface area (Å²) in [6.07, 6.45) is 1.68. The second kappa shape index (κ2) is 7.04. The molecule has 1 unspecified atom stereocenters. The van der Waals surface area contributed by atoms with Gasteiger partial charge < -0.3 is 15.8 Å². The molecule has 1 aliphatic heterocycles. The summed E-state index contributed by atoms with van der Waals surface area (Å²) >= 11 is 0. The molecule has 1 amide bonds. The van der Waals surface area contributed by atoms with Gasteiger partial charge in [0.05, 0.1) is 30.3 Å². The average Bonchev–Trinajstić information content (AvgIpc) is 2.48. The van der Waals surface area contributed by atoms with Crippen molar-refractivity contribution in [2.24, 2.45) is 11.7 Å². The molecule has 0 spiro atoms. The number of carbonyl (C=O) groups excluding carboxylic acids is 1. The van der Waals surface area contributed by atoms with Crippen molar-refractivity contribution in [1.82, 2.24) is 0 Å². The summed E-state index contributed by atoms with van der Waals surface area (Å²) in [5.41, 5.74) is 6.25. The highest BCUT2D eigenvalue weighted by Crippen LogP contribution is 2.20. The van der Waals surface area contributed by atoms with E-state index in [0.29, 0.717) is 24.5 Å². The van der Waals surface area contributed by atoms with E-state index in [9.17, 15) is 9.18 Å². The van der Waals surface area contributed by atoms with Crippen LogP contribution in [0.25, 0.3) is 0 Å². The monoisotopic (exact) mass is 276 g/mol. The SMILES string of the molecule is NCC#Cc1cc(F)ccc1NC(=O)C1CCCOC1. The molecule has 0 bridgehead atoms. The van der Waals surface area contributed by atoms with E-state index in [0.717, 1.165) is 12.8 Å². The van der Waals surface area contributed by atoms with Crippen LogP contribution in [0.4, 0.5) is 10.1 Å². The molecule has 0 saturated carbocycles. The maximum absolute atomic E-state index is 13.2. The molecule has 1 heterocycles. The van der Waals surface area contributed by atoms with Gasteiger partial charge in [0.2, 0.25) is 5.91 Å². The number of hydrogen-bond donors (Lipinski definition) is 2. The zero-order valence-corrected chi connectivity index (χ0v) is 11.1. The van der Waals surface area contributed by atoms with Crippen LogP contribution >= 0.6 is 0 Å². The lowest BCUT2D eigenvalue weighted by molar-refractivity contribution is -0.123. The third-order valence-corrected chi connectivity index (χ3v) is 3.10. The van der Waals surface area contributed by atoms with Crippen molar-refractivity contribution >= 4 is 11.6 Å². The van der Waals surface area contributed by atoms with E-state index in [-0.39, 0.29) is 18.4 Å². The highest BCUT2D eigenvalue weighted by Gasteiger charge is 2.22. The first kappa shape index (κ1) is 14.5. The molecule has 1 aliphatic rings. The van der Waals surface area contributed by atoms with E-state index in [1.165, 1.54) is 18.2 Å². The van der Waals surface area contributed by atoms with Crippen LogP contribution in [0.1, 0.15) is 18.4 Å². The van der Waals surface area contributed by atoms with Crippen LogP contribution in [0.15, 0.2) is 18.2 Å². The fraction of sp³-hybridized carbons (Fsp3) is 0.400. The van der Waals surface area contributed by atoms with Crippen molar-refractivity contribution < 1.29 is 13.9 Å². The molecular formula is C15H17FN2O2. The van der Waals surface area contributed by atoms with Gasteiger partial charge in [-0.25, -0.2) is 4.39 Å². The summed E-state index contributed by atoms with van der Waals surface area (Å²) in [5.74, 6) is 4.74. The number of hydrogen-bond acceptors (Lipinski definition) is 3. The van der Waals surface area contributed by atoms with Crippen molar-refractivity contribution in [3.8, 4) is 11.8 Å². The Morgan fingerprint density at radius 2 is 2.40 bits per heavy atom. The van der Waals surface area contributed by atoms with Crippen LogP contribution in [0, 0.1) is 23.6 Å². The number of anilines is 1. The highest BCUT2D eigenvalue weighted by molar-refractivity contribution is 5.94. The van der Waals surface area contributed by atoms with Crippen molar-refractivity contribution in [3.63, 3.8) is 0 Å². The van der Waals surface area contributed by atoms with Crippen molar-refractivity contribution in [3.05, 3.63) is 29.6 Å². The van der Waals surface area contributed by atoms with Gasteiger partial charge in [0, 0.05) is 6.61 Å². The lowest BCUT2D eigenvalue weighted by Gasteiger charge is -2.21. The number of rotatable bonds is 2. The summed E-state index contributed by atoms with van der Waals surface area (Å²) in [6.45, 7) is 1.31. The fourth-order valence-electron chi connectivity index (χ4n) is 2.06. The Morgan fingerprint density at radius 1 is 1.55 bits per heavy atom. The predicted molar refractivity (Wildman–Crippen MR) is 74.5 cm³/mol. The topological polar surface area (TPSA) is 64.3 Å². The van der Waals surface area contributed by atoms with Crippen LogP contribution in [0.5, 0.6) is 0 Å². The smallest absolute Gasteiger partial charge is 0.229 e. The number of amides is 1. The van der Waals surface area contributed by atoms with Crippen molar-refractivity contribution in [2.75, 3.05) is 25.1 Å². The van der Waals surface area contributed by atoms with Gasteiger partial charge in [-0.2, -0.15) is 0 Å². The van der Waals surface area contributed by atoms with Crippen molar-refractivity contribution in [2.45, 2.75) is 12.8 Å². The summed E-state index contributed by atoms with van der Waals surface area (Å²) in [7, 11) is 0. The molecule has 4 nitrogen and oxygen atoms in total. The molecule has 0 aromatic heterocycles. The maximum Gasteiger partial charge on any atom is 0.229 e. The molecule has 106 valence electrons. The maximum atomic E-state index is 13.2. The average molecular weight is 276 g/mol. The van der Waals surface area contributed by atoms with Crippen LogP contribution < -0.4 is 11.1 Å². The third kappa shape index (κ3) is 3.80. The first-order valence-electron chi connectivity index (χ1n) is 6.58. The number of ether oxygens (including phenoxy) is 1. The van der Waals surface area contributed by atoms with E-state index in [1.807, 2.05) is 0 Å². The zero-order chi connectivity index (χ0) is 14.4. The molecule has 20 heavy (non-hydrogen) atoms. The lowest BCUT2D eigenvalue weighted by atomic mass is 10.0. The molecule has 5 heteroatoms. The minimum absolute atomic E-state index is 0.118. The number of halogens is 1. The van der Waals surface area contributed by atoms with Crippen molar-refractivity contribution in [1.29, 1.82) is 0 Å². The Hall–Kier alpha value is -1.90. The van der Waals surface area contributed by atoms with E-state index in [2.05, 4.69) is 17.2 Å². The zero-order valence-electron chi connectivity index (χ0n) is 11.1. The summed E-state index contributed by atoms with van der Waals surface area (Å²) in [6, 6.07) is 4.09. The van der Waals surface area contributed by atoms with Gasteiger partial charge in [-0.05, 0) is 31.0 Å². The largest absolute Gasteiger partial charge is 0.381 e. The molecule has 1 aromatic carbocycles. The Balaban J connectivity index is 2.13. The van der Waals surface area contributed by atoms with Gasteiger partial charge in [-0.15, -0.1) is 0 Å². The van der Waals surface area contributed by atoms with Gasteiger partial charge in [0.1, 0.15) is 5.82 Å². The van der Waals surface area contributed by atoms with E-state index < -0.39 is 5.82 Å². The van der Waals surface area contributed by atoms with E-state index >= 15 is 0 Å². The molecular weight excluding hydrogens is 259 g/mol. The molecule has 0 radical (unpaired) electrons. The predicted octanol–water partition coefficient (Wildman–Crippen LogP) is 1.50. The summed E-state index contributed by atoms with van der Waals surface area (Å²) in [5, 5.41) is 2.79. The highest BCUT2D eigenvalue weighted by atomic mass is 19.1. The normalized spacial score (nSPS) is 18.0. The molecule has 1 saturated heterocycles. The Morgan fingerprint density at radius 3 is 3.10 bits per heavy atom. The molecule has 1 atom stereocenters. The summed E-state index contributed by atoms with van der Waals surface area (Å²) in [4.78, 5) is 12.1. The minimum atomic E-state index is -0.398. The first-order chi connectivity index (χ1) is 9.70. The molecule has 1 aromatic rings. The first-order valence-corrected chi connectivity index (χ1v) is 6.58. The number of nitrogens with two attached hydrogens (primary N) is 1. The minimum Gasteiger partial charge on any atom is -0.381 e. The molecule has 2 rings (SSSR count). The van der Waals surface area contributed by atoms with E-state index in [1.54, 1.807) is 0 Å². The Labute approximate surface area is 117 Å².